The molecule has 0 fully saturated rings. The first kappa shape index (κ1) is 13.2. The monoisotopic (exact) mass is 223 g/mol. The van der Waals surface area contributed by atoms with E-state index in [-0.39, 0.29) is 0 Å². The van der Waals surface area contributed by atoms with Crippen molar-refractivity contribution in [2.75, 3.05) is 13.1 Å². The van der Waals surface area contributed by atoms with Crippen LogP contribution in [0.4, 0.5) is 0 Å². The van der Waals surface area contributed by atoms with Crippen LogP contribution in [0.2, 0.25) is 0 Å². The summed E-state index contributed by atoms with van der Waals surface area (Å²) in [5.41, 5.74) is 0.390. The number of aryl methyl sites for hydroxylation is 2. The van der Waals surface area contributed by atoms with Gasteiger partial charge in [-0.15, -0.1) is 0 Å². The number of rotatable bonds is 6. The van der Waals surface area contributed by atoms with Gasteiger partial charge in [-0.2, -0.15) is 0 Å². The standard InChI is InChI=1S/C13H25N3/c1-12-15-8-10-16(12)9-6-5-7-14-11-13(2,3)4/h8,10,14H,5-7,9,11H2,1-4H3. The SMILES string of the molecule is Cc1nccn1CCCCNCC(C)(C)C. The highest BCUT2D eigenvalue weighted by Crippen LogP contribution is 2.10. The Morgan fingerprint density at radius 1 is 1.31 bits per heavy atom. The zero-order valence-electron chi connectivity index (χ0n) is 11.1. The lowest BCUT2D eigenvalue weighted by molar-refractivity contribution is 0.376. The largest absolute Gasteiger partial charge is 0.335 e. The van der Waals surface area contributed by atoms with Crippen LogP contribution in [0.3, 0.4) is 0 Å². The van der Waals surface area contributed by atoms with Gasteiger partial charge in [0.05, 0.1) is 0 Å². The summed E-state index contributed by atoms with van der Waals surface area (Å²) in [6, 6.07) is 0. The Hall–Kier alpha value is -0.830. The van der Waals surface area contributed by atoms with Gasteiger partial charge in [0, 0.05) is 18.9 Å². The van der Waals surface area contributed by atoms with Gasteiger partial charge in [-0.25, -0.2) is 4.98 Å². The van der Waals surface area contributed by atoms with Gasteiger partial charge >= 0.3 is 0 Å². The van der Waals surface area contributed by atoms with Crippen LogP contribution < -0.4 is 5.32 Å². The first-order valence-corrected chi connectivity index (χ1v) is 6.17. The van der Waals surface area contributed by atoms with E-state index in [1.807, 2.05) is 6.20 Å². The summed E-state index contributed by atoms with van der Waals surface area (Å²) in [6.07, 6.45) is 6.37. The molecule has 1 aromatic heterocycles. The van der Waals surface area contributed by atoms with E-state index < -0.39 is 0 Å². The molecule has 16 heavy (non-hydrogen) atoms. The molecule has 0 aliphatic heterocycles. The van der Waals surface area contributed by atoms with Crippen molar-refractivity contribution in [3.05, 3.63) is 18.2 Å². The Balaban J connectivity index is 2.03. The molecule has 92 valence electrons. The first-order valence-electron chi connectivity index (χ1n) is 6.17. The fourth-order valence-corrected chi connectivity index (χ4v) is 1.64. The average molecular weight is 223 g/mol. The number of aromatic nitrogens is 2. The molecule has 0 saturated carbocycles. The fourth-order valence-electron chi connectivity index (χ4n) is 1.64. The molecule has 3 nitrogen and oxygen atoms in total. The molecule has 0 unspecified atom stereocenters. The molecule has 0 atom stereocenters. The third-order valence-corrected chi connectivity index (χ3v) is 2.58. The Morgan fingerprint density at radius 3 is 2.62 bits per heavy atom. The molecule has 0 amide bonds. The van der Waals surface area contributed by atoms with Crippen molar-refractivity contribution in [1.29, 1.82) is 0 Å². The van der Waals surface area contributed by atoms with E-state index >= 15 is 0 Å². The van der Waals surface area contributed by atoms with Gasteiger partial charge in [0.2, 0.25) is 0 Å². The lowest BCUT2D eigenvalue weighted by Crippen LogP contribution is -2.27. The second-order valence-corrected chi connectivity index (χ2v) is 5.61. The number of nitrogens with zero attached hydrogens (tertiary/aromatic N) is 2. The molecule has 1 N–H and O–H groups in total. The van der Waals surface area contributed by atoms with Gasteiger partial charge in [0.15, 0.2) is 0 Å². The maximum absolute atomic E-state index is 4.21. The minimum atomic E-state index is 0.390. The molecule has 0 aliphatic rings. The van der Waals surface area contributed by atoms with Crippen LogP contribution in [0.15, 0.2) is 12.4 Å². The van der Waals surface area contributed by atoms with E-state index in [0.717, 1.165) is 25.5 Å². The van der Waals surface area contributed by atoms with Crippen molar-refractivity contribution in [3.63, 3.8) is 0 Å². The second-order valence-electron chi connectivity index (χ2n) is 5.61. The second kappa shape index (κ2) is 6.04. The number of nitrogens with one attached hydrogen (secondary N) is 1. The summed E-state index contributed by atoms with van der Waals surface area (Å²) in [5, 5.41) is 3.50. The normalized spacial score (nSPS) is 12.0. The topological polar surface area (TPSA) is 29.9 Å². The molecular weight excluding hydrogens is 198 g/mol. The molecule has 3 heteroatoms. The molecule has 1 aromatic rings. The summed E-state index contributed by atoms with van der Waals surface area (Å²) in [7, 11) is 0. The predicted octanol–water partition coefficient (Wildman–Crippen LogP) is 2.61. The van der Waals surface area contributed by atoms with Crippen LogP contribution in [-0.2, 0) is 6.54 Å². The van der Waals surface area contributed by atoms with Crippen LogP contribution in [0.5, 0.6) is 0 Å². The third-order valence-electron chi connectivity index (χ3n) is 2.58. The molecule has 0 aliphatic carbocycles. The minimum Gasteiger partial charge on any atom is -0.335 e. The molecular formula is C13H25N3. The van der Waals surface area contributed by atoms with E-state index in [1.54, 1.807) is 0 Å². The summed E-state index contributed by atoms with van der Waals surface area (Å²) >= 11 is 0. The molecule has 1 heterocycles. The van der Waals surface area contributed by atoms with Gasteiger partial charge in [-0.1, -0.05) is 20.8 Å². The summed E-state index contributed by atoms with van der Waals surface area (Å²) < 4.78 is 2.21. The number of imidazole rings is 1. The van der Waals surface area contributed by atoms with Crippen molar-refractivity contribution in [3.8, 4) is 0 Å². The average Bonchev–Trinajstić information content (AvgIpc) is 2.56. The molecule has 0 radical (unpaired) electrons. The highest BCUT2D eigenvalue weighted by atomic mass is 15.0. The Morgan fingerprint density at radius 2 is 2.06 bits per heavy atom. The van der Waals surface area contributed by atoms with Crippen LogP contribution in [-0.4, -0.2) is 22.6 Å². The van der Waals surface area contributed by atoms with Gasteiger partial charge < -0.3 is 9.88 Å². The van der Waals surface area contributed by atoms with Gasteiger partial charge in [-0.3, -0.25) is 0 Å². The summed E-state index contributed by atoms with van der Waals surface area (Å²) in [4.78, 5) is 4.21. The van der Waals surface area contributed by atoms with Crippen LogP contribution in [0.1, 0.15) is 39.4 Å². The Kier molecular flexibility index (Phi) is 5.00. The number of unbranched alkanes of at least 4 members (excludes halogenated alkanes) is 1. The van der Waals surface area contributed by atoms with Crippen molar-refractivity contribution < 1.29 is 0 Å². The fraction of sp³-hybridized carbons (Fsp3) is 0.769. The molecule has 1 rings (SSSR count). The maximum Gasteiger partial charge on any atom is 0.105 e. The minimum absolute atomic E-state index is 0.390. The maximum atomic E-state index is 4.21. The number of hydrogen-bond acceptors (Lipinski definition) is 2. The van der Waals surface area contributed by atoms with E-state index in [4.69, 9.17) is 0 Å². The lowest BCUT2D eigenvalue weighted by atomic mass is 9.97. The highest BCUT2D eigenvalue weighted by molar-refractivity contribution is 4.87. The highest BCUT2D eigenvalue weighted by Gasteiger charge is 2.08. The summed E-state index contributed by atoms with van der Waals surface area (Å²) in [5.74, 6) is 1.11. The summed E-state index contributed by atoms with van der Waals surface area (Å²) in [6.45, 7) is 12.1. The van der Waals surface area contributed by atoms with Crippen LogP contribution >= 0.6 is 0 Å². The Bertz CT molecular complexity index is 296. The first-order chi connectivity index (χ1) is 7.49. The lowest BCUT2D eigenvalue weighted by Gasteiger charge is -2.18. The zero-order valence-corrected chi connectivity index (χ0v) is 11.1. The van der Waals surface area contributed by atoms with Crippen molar-refractivity contribution in [2.24, 2.45) is 5.41 Å². The van der Waals surface area contributed by atoms with Crippen molar-refractivity contribution >= 4 is 0 Å². The van der Waals surface area contributed by atoms with Crippen molar-refractivity contribution in [1.82, 2.24) is 14.9 Å². The quantitative estimate of drug-likeness (QED) is 0.751. The van der Waals surface area contributed by atoms with Crippen molar-refractivity contribution in [2.45, 2.75) is 47.1 Å². The van der Waals surface area contributed by atoms with E-state index in [1.165, 1.54) is 12.8 Å². The third kappa shape index (κ3) is 5.31. The Labute approximate surface area is 99.3 Å². The van der Waals surface area contributed by atoms with Crippen LogP contribution in [0.25, 0.3) is 0 Å². The van der Waals surface area contributed by atoms with E-state index in [9.17, 15) is 0 Å². The van der Waals surface area contributed by atoms with Gasteiger partial charge in [0.1, 0.15) is 5.82 Å². The van der Waals surface area contributed by atoms with Gasteiger partial charge in [-0.05, 0) is 38.3 Å². The molecule has 0 aromatic carbocycles. The molecule has 0 spiro atoms. The smallest absolute Gasteiger partial charge is 0.105 e. The molecule has 0 saturated heterocycles. The van der Waals surface area contributed by atoms with E-state index in [0.29, 0.717) is 5.41 Å². The molecule has 0 bridgehead atoms. The van der Waals surface area contributed by atoms with E-state index in [2.05, 4.69) is 48.8 Å². The predicted molar refractivity (Wildman–Crippen MR) is 68.5 cm³/mol. The van der Waals surface area contributed by atoms with Crippen LogP contribution in [0, 0.1) is 12.3 Å². The zero-order chi connectivity index (χ0) is 12.0. The van der Waals surface area contributed by atoms with Gasteiger partial charge in [0.25, 0.3) is 0 Å². The number of hydrogen-bond donors (Lipinski definition) is 1.